The molecule has 2 rings (SSSR count). The van der Waals surface area contributed by atoms with Crippen molar-refractivity contribution in [1.82, 2.24) is 5.32 Å². The highest BCUT2D eigenvalue weighted by Crippen LogP contribution is 2.29. The Labute approximate surface area is 148 Å². The average molecular weight is 349 g/mol. The molecule has 0 spiro atoms. The minimum absolute atomic E-state index is 0.114. The fourth-order valence-electron chi connectivity index (χ4n) is 3.15. The molecule has 0 aromatic heterocycles. The van der Waals surface area contributed by atoms with Crippen molar-refractivity contribution in [3.05, 3.63) is 29.8 Å². The number of carbonyl (C=O) groups is 2. The van der Waals surface area contributed by atoms with Gasteiger partial charge in [-0.1, -0.05) is 50.7 Å². The van der Waals surface area contributed by atoms with Crippen LogP contribution in [-0.4, -0.2) is 28.8 Å². The smallest absolute Gasteiger partial charge is 0.316 e. The second-order valence-corrected chi connectivity index (χ2v) is 7.88. The Bertz CT molecular complexity index is 555. The van der Waals surface area contributed by atoms with Gasteiger partial charge in [-0.2, -0.15) is 0 Å². The van der Waals surface area contributed by atoms with Gasteiger partial charge in [-0.25, -0.2) is 0 Å². The molecule has 2 N–H and O–H groups in total. The van der Waals surface area contributed by atoms with E-state index in [1.807, 2.05) is 12.1 Å². The largest absolute Gasteiger partial charge is 0.480 e. The molecule has 0 heterocycles. The SMILES string of the molecule is CC(Sc1ccccc1C(=O)NCCCCC1CCCC1)C(=O)O. The first-order valence-corrected chi connectivity index (χ1v) is 9.72. The highest BCUT2D eigenvalue weighted by Gasteiger charge is 2.18. The average Bonchev–Trinajstić information content (AvgIpc) is 3.08. The summed E-state index contributed by atoms with van der Waals surface area (Å²) in [5.41, 5.74) is 0.561. The van der Waals surface area contributed by atoms with Gasteiger partial charge in [0.25, 0.3) is 5.91 Å². The third-order valence-corrected chi connectivity index (χ3v) is 5.75. The number of hydrogen-bond acceptors (Lipinski definition) is 3. The molecular weight excluding hydrogens is 322 g/mol. The number of hydrogen-bond donors (Lipinski definition) is 2. The van der Waals surface area contributed by atoms with E-state index in [1.54, 1.807) is 19.1 Å². The lowest BCUT2D eigenvalue weighted by Gasteiger charge is -2.12. The Balaban J connectivity index is 1.77. The van der Waals surface area contributed by atoms with E-state index in [0.717, 1.165) is 23.7 Å². The van der Waals surface area contributed by atoms with Crippen LogP contribution in [-0.2, 0) is 4.79 Å². The van der Waals surface area contributed by atoms with E-state index in [-0.39, 0.29) is 5.91 Å². The highest BCUT2D eigenvalue weighted by molar-refractivity contribution is 8.00. The first-order chi connectivity index (χ1) is 11.6. The molecule has 1 aliphatic carbocycles. The standard InChI is InChI=1S/C19H27NO3S/c1-14(19(22)23)24-17-12-5-4-11-16(17)18(21)20-13-7-6-10-15-8-2-3-9-15/h4-5,11-12,14-15H,2-3,6-10,13H2,1H3,(H,20,21)(H,22,23). The molecule has 0 saturated heterocycles. The van der Waals surface area contributed by atoms with Crippen LogP contribution in [0.1, 0.15) is 62.2 Å². The molecule has 24 heavy (non-hydrogen) atoms. The van der Waals surface area contributed by atoms with Crippen molar-refractivity contribution in [2.24, 2.45) is 5.92 Å². The zero-order valence-electron chi connectivity index (χ0n) is 14.3. The molecule has 132 valence electrons. The Hall–Kier alpha value is -1.49. The number of unbranched alkanes of at least 4 members (excludes halogenated alkanes) is 1. The van der Waals surface area contributed by atoms with Gasteiger partial charge in [0, 0.05) is 11.4 Å². The van der Waals surface area contributed by atoms with Gasteiger partial charge in [0.15, 0.2) is 0 Å². The quantitative estimate of drug-likeness (QED) is 0.514. The van der Waals surface area contributed by atoms with Gasteiger partial charge in [-0.05, 0) is 31.4 Å². The third kappa shape index (κ3) is 5.86. The molecular formula is C19H27NO3S. The molecule has 1 aliphatic rings. The Morgan fingerprint density at radius 1 is 1.25 bits per heavy atom. The Morgan fingerprint density at radius 3 is 2.67 bits per heavy atom. The van der Waals surface area contributed by atoms with Crippen molar-refractivity contribution < 1.29 is 14.7 Å². The second kappa shape index (κ2) is 9.72. The molecule has 1 aromatic carbocycles. The third-order valence-electron chi connectivity index (χ3n) is 4.58. The molecule has 1 amide bonds. The number of nitrogens with one attached hydrogen (secondary N) is 1. The molecule has 0 aliphatic heterocycles. The summed E-state index contributed by atoms with van der Waals surface area (Å²) in [6.45, 7) is 2.31. The summed E-state index contributed by atoms with van der Waals surface area (Å²) in [6, 6.07) is 7.20. The summed E-state index contributed by atoms with van der Waals surface area (Å²) in [7, 11) is 0. The van der Waals surface area contributed by atoms with Crippen molar-refractivity contribution >= 4 is 23.6 Å². The summed E-state index contributed by atoms with van der Waals surface area (Å²) in [5, 5.41) is 11.4. The van der Waals surface area contributed by atoms with E-state index in [2.05, 4.69) is 5.32 Å². The number of aliphatic carboxylic acids is 1. The van der Waals surface area contributed by atoms with Gasteiger partial charge in [0.1, 0.15) is 5.25 Å². The van der Waals surface area contributed by atoms with Crippen LogP contribution in [0.25, 0.3) is 0 Å². The fraction of sp³-hybridized carbons (Fsp3) is 0.579. The number of carboxylic acid groups (broad SMARTS) is 1. The molecule has 0 bridgehead atoms. The zero-order chi connectivity index (χ0) is 17.4. The number of rotatable bonds is 9. The number of thioether (sulfide) groups is 1. The molecule has 1 atom stereocenters. The Kier molecular flexibility index (Phi) is 7.63. The van der Waals surface area contributed by atoms with E-state index in [1.165, 1.54) is 43.9 Å². The zero-order valence-corrected chi connectivity index (χ0v) is 15.1. The number of carbonyl (C=O) groups excluding carboxylic acids is 1. The lowest BCUT2D eigenvalue weighted by atomic mass is 10.0. The van der Waals surface area contributed by atoms with Gasteiger partial charge in [-0.15, -0.1) is 11.8 Å². The van der Waals surface area contributed by atoms with E-state index in [4.69, 9.17) is 5.11 Å². The van der Waals surface area contributed by atoms with Crippen LogP contribution in [0.5, 0.6) is 0 Å². The lowest BCUT2D eigenvalue weighted by molar-refractivity contribution is -0.136. The van der Waals surface area contributed by atoms with Gasteiger partial charge in [-0.3, -0.25) is 9.59 Å². The van der Waals surface area contributed by atoms with Crippen LogP contribution in [0.3, 0.4) is 0 Å². The Morgan fingerprint density at radius 2 is 1.96 bits per heavy atom. The van der Waals surface area contributed by atoms with Crippen molar-refractivity contribution in [1.29, 1.82) is 0 Å². The number of benzene rings is 1. The van der Waals surface area contributed by atoms with Crippen molar-refractivity contribution in [2.45, 2.75) is 62.0 Å². The maximum absolute atomic E-state index is 12.4. The van der Waals surface area contributed by atoms with E-state index in [0.29, 0.717) is 12.1 Å². The summed E-state index contributed by atoms with van der Waals surface area (Å²) < 4.78 is 0. The topological polar surface area (TPSA) is 66.4 Å². The van der Waals surface area contributed by atoms with E-state index in [9.17, 15) is 9.59 Å². The maximum Gasteiger partial charge on any atom is 0.316 e. The van der Waals surface area contributed by atoms with Crippen LogP contribution < -0.4 is 5.32 Å². The van der Waals surface area contributed by atoms with Crippen molar-refractivity contribution in [3.8, 4) is 0 Å². The molecule has 1 saturated carbocycles. The van der Waals surface area contributed by atoms with Gasteiger partial charge < -0.3 is 10.4 Å². The lowest BCUT2D eigenvalue weighted by Crippen LogP contribution is -2.25. The maximum atomic E-state index is 12.4. The van der Waals surface area contributed by atoms with E-state index >= 15 is 0 Å². The van der Waals surface area contributed by atoms with E-state index < -0.39 is 11.2 Å². The van der Waals surface area contributed by atoms with Crippen LogP contribution in [0.4, 0.5) is 0 Å². The molecule has 1 unspecified atom stereocenters. The molecule has 4 nitrogen and oxygen atoms in total. The normalized spacial score (nSPS) is 16.0. The van der Waals surface area contributed by atoms with Gasteiger partial charge >= 0.3 is 5.97 Å². The number of carboxylic acids is 1. The fourth-order valence-corrected chi connectivity index (χ4v) is 4.08. The molecule has 5 heteroatoms. The number of amides is 1. The second-order valence-electron chi connectivity index (χ2n) is 6.50. The van der Waals surface area contributed by atoms with Crippen molar-refractivity contribution in [2.75, 3.05) is 6.54 Å². The molecule has 1 aromatic rings. The summed E-state index contributed by atoms with van der Waals surface area (Å²) in [5.74, 6) is -0.0889. The van der Waals surface area contributed by atoms with Crippen LogP contribution in [0.15, 0.2) is 29.2 Å². The summed E-state index contributed by atoms with van der Waals surface area (Å²) >= 11 is 1.21. The van der Waals surface area contributed by atoms with Crippen molar-refractivity contribution in [3.63, 3.8) is 0 Å². The van der Waals surface area contributed by atoms with Gasteiger partial charge in [0.05, 0.1) is 5.56 Å². The first kappa shape index (κ1) is 18.8. The van der Waals surface area contributed by atoms with Crippen LogP contribution >= 0.6 is 11.8 Å². The summed E-state index contributed by atoms with van der Waals surface area (Å²) in [4.78, 5) is 24.1. The van der Waals surface area contributed by atoms with Crippen LogP contribution in [0, 0.1) is 5.92 Å². The minimum atomic E-state index is -0.873. The predicted molar refractivity (Wildman–Crippen MR) is 97.5 cm³/mol. The van der Waals surface area contributed by atoms with Gasteiger partial charge in [0.2, 0.25) is 0 Å². The molecule has 0 radical (unpaired) electrons. The van der Waals surface area contributed by atoms with Crippen LogP contribution in [0.2, 0.25) is 0 Å². The first-order valence-electron chi connectivity index (χ1n) is 8.84. The minimum Gasteiger partial charge on any atom is -0.480 e. The monoisotopic (exact) mass is 349 g/mol. The summed E-state index contributed by atoms with van der Waals surface area (Å²) in [6.07, 6.45) is 8.95. The highest BCUT2D eigenvalue weighted by atomic mass is 32.2. The predicted octanol–water partition coefficient (Wildman–Crippen LogP) is 4.34. The molecule has 1 fully saturated rings.